The second kappa shape index (κ2) is 7.29. The van der Waals surface area contributed by atoms with Crippen LogP contribution >= 0.6 is 31.9 Å². The summed E-state index contributed by atoms with van der Waals surface area (Å²) in [6, 6.07) is 3.95. The first-order valence-electron chi connectivity index (χ1n) is 6.37. The summed E-state index contributed by atoms with van der Waals surface area (Å²) < 4.78 is 1.89. The van der Waals surface area contributed by atoms with E-state index in [1.54, 1.807) is 0 Å². The summed E-state index contributed by atoms with van der Waals surface area (Å²) in [6.07, 6.45) is 0.927. The molecule has 0 spiro atoms. The number of hydrogen-bond acceptors (Lipinski definition) is 2. The summed E-state index contributed by atoms with van der Waals surface area (Å²) in [5.74, 6) is 0.00808. The third-order valence-corrected chi connectivity index (χ3v) is 4.19. The average Bonchev–Trinajstić information content (AvgIpc) is 2.32. The van der Waals surface area contributed by atoms with E-state index in [9.17, 15) is 4.79 Å². The van der Waals surface area contributed by atoms with Gasteiger partial charge >= 0.3 is 0 Å². The van der Waals surface area contributed by atoms with Crippen molar-refractivity contribution in [1.82, 2.24) is 5.32 Å². The largest absolute Gasteiger partial charge is 0.372 e. The molecule has 0 bridgehead atoms. The lowest BCUT2D eigenvalue weighted by molar-refractivity contribution is -0.122. The maximum atomic E-state index is 12.0. The molecule has 1 aromatic carbocycles. The van der Waals surface area contributed by atoms with Crippen LogP contribution in [0.15, 0.2) is 21.1 Å². The summed E-state index contributed by atoms with van der Waals surface area (Å²) >= 11 is 7.03. The maximum absolute atomic E-state index is 12.0. The minimum atomic E-state index is -0.288. The van der Waals surface area contributed by atoms with Gasteiger partial charge in [-0.1, -0.05) is 6.92 Å². The fourth-order valence-corrected chi connectivity index (χ4v) is 3.23. The molecule has 0 radical (unpaired) electrons. The van der Waals surface area contributed by atoms with Gasteiger partial charge in [0.2, 0.25) is 5.91 Å². The molecule has 2 atom stereocenters. The lowest BCUT2D eigenvalue weighted by atomic mass is 10.2. The van der Waals surface area contributed by atoms with Gasteiger partial charge in [-0.25, -0.2) is 0 Å². The second-order valence-electron chi connectivity index (χ2n) is 4.79. The number of carbonyl (C=O) groups is 1. The van der Waals surface area contributed by atoms with Gasteiger partial charge in [0.15, 0.2) is 0 Å². The third-order valence-electron chi connectivity index (χ3n) is 2.94. The van der Waals surface area contributed by atoms with Crippen molar-refractivity contribution in [2.24, 2.45) is 0 Å². The van der Waals surface area contributed by atoms with Crippen LogP contribution < -0.4 is 10.6 Å². The van der Waals surface area contributed by atoms with Crippen LogP contribution in [0.4, 0.5) is 5.69 Å². The Kier molecular flexibility index (Phi) is 6.33. The second-order valence-corrected chi connectivity index (χ2v) is 6.50. The van der Waals surface area contributed by atoms with Crippen LogP contribution in [-0.4, -0.2) is 18.0 Å². The van der Waals surface area contributed by atoms with Crippen molar-refractivity contribution >= 4 is 43.5 Å². The first-order valence-corrected chi connectivity index (χ1v) is 7.96. The molecule has 2 unspecified atom stereocenters. The molecule has 0 saturated carbocycles. The smallest absolute Gasteiger partial charge is 0.242 e. The number of nitrogens with one attached hydrogen (secondary N) is 2. The lowest BCUT2D eigenvalue weighted by Gasteiger charge is -2.20. The molecule has 2 N–H and O–H groups in total. The highest BCUT2D eigenvalue weighted by Gasteiger charge is 2.16. The predicted molar refractivity (Wildman–Crippen MR) is 87.6 cm³/mol. The van der Waals surface area contributed by atoms with Gasteiger partial charge in [0.25, 0.3) is 0 Å². The number of anilines is 1. The van der Waals surface area contributed by atoms with Crippen molar-refractivity contribution in [3.05, 3.63) is 26.6 Å². The number of aryl methyl sites for hydroxylation is 1. The van der Waals surface area contributed by atoms with Gasteiger partial charge in [0, 0.05) is 15.0 Å². The molecule has 3 nitrogen and oxygen atoms in total. The molecule has 0 aromatic heterocycles. The Labute approximate surface area is 131 Å². The minimum Gasteiger partial charge on any atom is -0.372 e. The summed E-state index contributed by atoms with van der Waals surface area (Å²) in [4.78, 5) is 12.0. The molecule has 0 heterocycles. The molecule has 0 fully saturated rings. The molecule has 106 valence electrons. The van der Waals surface area contributed by atoms with E-state index >= 15 is 0 Å². The van der Waals surface area contributed by atoms with Crippen molar-refractivity contribution in [2.45, 2.75) is 46.2 Å². The topological polar surface area (TPSA) is 41.1 Å². The SMILES string of the molecule is CCC(C)NC(=O)C(C)Nc1c(Br)cc(C)cc1Br. The lowest BCUT2D eigenvalue weighted by Crippen LogP contribution is -2.41. The van der Waals surface area contributed by atoms with E-state index < -0.39 is 0 Å². The molecular formula is C14H20Br2N2O. The van der Waals surface area contributed by atoms with E-state index in [4.69, 9.17) is 0 Å². The number of carbonyl (C=O) groups excluding carboxylic acids is 1. The fourth-order valence-electron chi connectivity index (χ4n) is 1.59. The van der Waals surface area contributed by atoms with Gasteiger partial charge in [-0.2, -0.15) is 0 Å². The normalized spacial score (nSPS) is 13.8. The Morgan fingerprint density at radius 3 is 2.26 bits per heavy atom. The van der Waals surface area contributed by atoms with Crippen LogP contribution in [0.1, 0.15) is 32.8 Å². The summed E-state index contributed by atoms with van der Waals surface area (Å²) in [7, 11) is 0. The van der Waals surface area contributed by atoms with Gasteiger partial charge in [-0.3, -0.25) is 4.79 Å². The number of rotatable bonds is 5. The number of hydrogen-bond donors (Lipinski definition) is 2. The highest BCUT2D eigenvalue weighted by Crippen LogP contribution is 2.32. The molecule has 0 aliphatic heterocycles. The molecule has 0 aliphatic rings. The van der Waals surface area contributed by atoms with Crippen molar-refractivity contribution in [2.75, 3.05) is 5.32 Å². The van der Waals surface area contributed by atoms with Gasteiger partial charge in [-0.15, -0.1) is 0 Å². The maximum Gasteiger partial charge on any atom is 0.242 e. The average molecular weight is 392 g/mol. The Morgan fingerprint density at radius 2 is 1.79 bits per heavy atom. The van der Waals surface area contributed by atoms with Gasteiger partial charge < -0.3 is 10.6 Å². The van der Waals surface area contributed by atoms with E-state index in [0.717, 1.165) is 26.6 Å². The van der Waals surface area contributed by atoms with Crippen LogP contribution in [0, 0.1) is 6.92 Å². The van der Waals surface area contributed by atoms with Gasteiger partial charge in [-0.05, 0) is 76.7 Å². The first-order chi connectivity index (χ1) is 8.85. The quantitative estimate of drug-likeness (QED) is 0.788. The van der Waals surface area contributed by atoms with Crippen molar-refractivity contribution in [3.8, 4) is 0 Å². The fraction of sp³-hybridized carbons (Fsp3) is 0.500. The van der Waals surface area contributed by atoms with Crippen molar-refractivity contribution in [1.29, 1.82) is 0 Å². The molecule has 5 heteroatoms. The molecule has 1 aromatic rings. The highest BCUT2D eigenvalue weighted by molar-refractivity contribution is 9.11. The van der Waals surface area contributed by atoms with Crippen LogP contribution in [0.2, 0.25) is 0 Å². The van der Waals surface area contributed by atoms with E-state index in [0.29, 0.717) is 0 Å². The zero-order valence-corrected chi connectivity index (χ0v) is 14.9. The minimum absolute atomic E-state index is 0.00808. The molecule has 1 amide bonds. The van der Waals surface area contributed by atoms with E-state index in [-0.39, 0.29) is 18.0 Å². The number of amides is 1. The van der Waals surface area contributed by atoms with E-state index in [1.165, 1.54) is 0 Å². The third kappa shape index (κ3) is 4.80. The zero-order chi connectivity index (χ0) is 14.6. The monoisotopic (exact) mass is 390 g/mol. The molecule has 0 saturated heterocycles. The standard InChI is InChI=1S/C14H20Br2N2O/c1-5-9(3)17-14(19)10(4)18-13-11(15)6-8(2)7-12(13)16/h6-7,9-10,18H,5H2,1-4H3,(H,17,19). The van der Waals surface area contributed by atoms with Crippen LogP contribution in [0.5, 0.6) is 0 Å². The van der Waals surface area contributed by atoms with Crippen molar-refractivity contribution < 1.29 is 4.79 Å². The Balaban J connectivity index is 2.77. The van der Waals surface area contributed by atoms with E-state index in [1.807, 2.05) is 32.9 Å². The number of halogens is 2. The summed E-state index contributed by atoms with van der Waals surface area (Å²) in [6.45, 7) is 7.94. The van der Waals surface area contributed by atoms with Crippen LogP contribution in [-0.2, 0) is 4.79 Å². The highest BCUT2D eigenvalue weighted by atomic mass is 79.9. The van der Waals surface area contributed by atoms with E-state index in [2.05, 4.69) is 49.4 Å². The Hall–Kier alpha value is -0.550. The first kappa shape index (κ1) is 16.5. The van der Waals surface area contributed by atoms with Crippen LogP contribution in [0.3, 0.4) is 0 Å². The summed E-state index contributed by atoms with van der Waals surface area (Å²) in [5, 5.41) is 6.20. The van der Waals surface area contributed by atoms with Crippen LogP contribution in [0.25, 0.3) is 0 Å². The Morgan fingerprint density at radius 1 is 1.26 bits per heavy atom. The van der Waals surface area contributed by atoms with Gasteiger partial charge in [0.1, 0.15) is 6.04 Å². The molecule has 0 aliphatic carbocycles. The van der Waals surface area contributed by atoms with Crippen molar-refractivity contribution in [3.63, 3.8) is 0 Å². The number of benzene rings is 1. The molecule has 1 rings (SSSR count). The molecule has 19 heavy (non-hydrogen) atoms. The summed E-state index contributed by atoms with van der Waals surface area (Å²) in [5.41, 5.74) is 2.05. The predicted octanol–water partition coefficient (Wildman–Crippen LogP) is 4.24. The van der Waals surface area contributed by atoms with Gasteiger partial charge in [0.05, 0.1) is 5.69 Å². The zero-order valence-electron chi connectivity index (χ0n) is 11.7. The molecular weight excluding hydrogens is 372 g/mol. The Bertz CT molecular complexity index is 440.